The molecule has 1 saturated heterocycles. The van der Waals surface area contributed by atoms with Gasteiger partial charge >= 0.3 is 0 Å². The number of nitrogens with zero attached hydrogens (tertiary/aromatic N) is 1. The third-order valence-corrected chi connectivity index (χ3v) is 6.25. The Balaban J connectivity index is 1.32. The maximum Gasteiger partial charge on any atom is 0.249 e. The fourth-order valence-electron chi connectivity index (χ4n) is 4.74. The number of benzene rings is 1. The number of amides is 1. The zero-order chi connectivity index (χ0) is 17.2. The average molecular weight is 362 g/mol. The van der Waals surface area contributed by atoms with Gasteiger partial charge in [-0.05, 0) is 55.2 Å². The Kier molecular flexibility index (Phi) is 3.39. The van der Waals surface area contributed by atoms with Crippen LogP contribution in [0.2, 0.25) is 5.02 Å². The van der Waals surface area contributed by atoms with E-state index in [1.807, 2.05) is 12.1 Å². The number of hydrogen-bond acceptors (Lipinski definition) is 4. The molecule has 1 aromatic carbocycles. The van der Waals surface area contributed by atoms with Gasteiger partial charge in [0, 0.05) is 23.1 Å². The largest absolute Gasteiger partial charge is 0.385 e. The van der Waals surface area contributed by atoms with Gasteiger partial charge in [-0.2, -0.15) is 5.10 Å². The predicted molar refractivity (Wildman–Crippen MR) is 92.1 cm³/mol. The van der Waals surface area contributed by atoms with Gasteiger partial charge in [-0.3, -0.25) is 9.89 Å². The molecule has 3 fully saturated rings. The highest BCUT2D eigenvalue weighted by atomic mass is 35.5. The minimum absolute atomic E-state index is 0.000389. The summed E-state index contributed by atoms with van der Waals surface area (Å²) < 4.78 is 5.44. The summed E-state index contributed by atoms with van der Waals surface area (Å²) in [5.74, 6) is 0.632. The van der Waals surface area contributed by atoms with E-state index in [9.17, 15) is 9.90 Å². The smallest absolute Gasteiger partial charge is 0.249 e. The molecule has 0 radical (unpaired) electrons. The van der Waals surface area contributed by atoms with Gasteiger partial charge in [-0.25, -0.2) is 0 Å². The molecule has 7 heteroatoms. The van der Waals surface area contributed by atoms with Crippen LogP contribution in [0.25, 0.3) is 10.9 Å². The van der Waals surface area contributed by atoms with E-state index in [1.54, 1.807) is 6.20 Å². The van der Waals surface area contributed by atoms with Crippen LogP contribution in [0.1, 0.15) is 31.2 Å². The van der Waals surface area contributed by atoms with Crippen LogP contribution in [0.3, 0.4) is 0 Å². The van der Waals surface area contributed by atoms with Gasteiger partial charge in [0.15, 0.2) is 0 Å². The molecule has 5 rings (SSSR count). The maximum absolute atomic E-state index is 12.2. The molecule has 1 aliphatic heterocycles. The van der Waals surface area contributed by atoms with Crippen molar-refractivity contribution in [1.82, 2.24) is 15.5 Å². The van der Waals surface area contributed by atoms with E-state index in [1.165, 1.54) is 0 Å². The number of hydrogen-bond donors (Lipinski definition) is 3. The summed E-state index contributed by atoms with van der Waals surface area (Å²) >= 11 is 6.21. The minimum Gasteiger partial charge on any atom is -0.385 e. The van der Waals surface area contributed by atoms with Gasteiger partial charge in [-0.15, -0.1) is 0 Å². The second-order valence-electron chi connectivity index (χ2n) is 7.59. The van der Waals surface area contributed by atoms with E-state index >= 15 is 0 Å². The van der Waals surface area contributed by atoms with Crippen molar-refractivity contribution in [3.05, 3.63) is 28.9 Å². The number of aliphatic hydroxyl groups is 1. The number of fused-ring (bicyclic) bond motifs is 2. The topological polar surface area (TPSA) is 87.2 Å². The molecular weight excluding hydrogens is 342 g/mol. The molecule has 0 spiro atoms. The fraction of sp³-hybridized carbons (Fsp3) is 0.556. The Morgan fingerprint density at radius 3 is 2.92 bits per heavy atom. The SMILES string of the molecule is O=C(N[C@@H]1[C@@H]2C[C@@](O)(c3cc(Cl)cc4[nH]ncc34)C[C@@H]21)C1CCCO1. The molecule has 6 nitrogen and oxygen atoms in total. The third kappa shape index (κ3) is 2.46. The molecule has 2 aromatic rings. The Morgan fingerprint density at radius 1 is 1.40 bits per heavy atom. The van der Waals surface area contributed by atoms with Gasteiger partial charge in [0.2, 0.25) is 5.91 Å². The lowest BCUT2D eigenvalue weighted by Crippen LogP contribution is -2.39. The van der Waals surface area contributed by atoms with Crippen LogP contribution in [-0.4, -0.2) is 40.0 Å². The average Bonchev–Trinajstić information content (AvgIpc) is 3.12. The lowest BCUT2D eigenvalue weighted by Gasteiger charge is -2.27. The molecule has 1 unspecified atom stereocenters. The molecule has 2 aliphatic carbocycles. The number of ether oxygens (including phenoxy) is 1. The minimum atomic E-state index is -0.909. The molecule has 0 bridgehead atoms. The number of nitrogens with one attached hydrogen (secondary N) is 2. The first-order valence-electron chi connectivity index (χ1n) is 8.83. The van der Waals surface area contributed by atoms with E-state index in [0.29, 0.717) is 36.3 Å². The van der Waals surface area contributed by atoms with Crippen LogP contribution in [-0.2, 0) is 15.1 Å². The first-order chi connectivity index (χ1) is 12.0. The Bertz CT molecular complexity index is 833. The Hall–Kier alpha value is -1.63. The molecule has 2 saturated carbocycles. The molecule has 1 amide bonds. The highest BCUT2D eigenvalue weighted by Crippen LogP contribution is 2.60. The van der Waals surface area contributed by atoms with Crippen molar-refractivity contribution in [2.45, 2.75) is 43.4 Å². The Labute approximate surface area is 149 Å². The summed E-state index contributed by atoms with van der Waals surface area (Å²) in [7, 11) is 0. The van der Waals surface area contributed by atoms with E-state index in [2.05, 4.69) is 15.5 Å². The quantitative estimate of drug-likeness (QED) is 0.781. The van der Waals surface area contributed by atoms with Crippen LogP contribution in [0.15, 0.2) is 18.3 Å². The van der Waals surface area contributed by atoms with Crippen LogP contribution >= 0.6 is 11.6 Å². The van der Waals surface area contributed by atoms with Gasteiger partial charge < -0.3 is 15.2 Å². The molecular formula is C18H20ClN3O3. The van der Waals surface area contributed by atoms with Crippen LogP contribution in [0.5, 0.6) is 0 Å². The monoisotopic (exact) mass is 361 g/mol. The van der Waals surface area contributed by atoms with Gasteiger partial charge in [0.05, 0.1) is 17.3 Å². The number of carbonyl (C=O) groups is 1. The highest BCUT2D eigenvalue weighted by molar-refractivity contribution is 6.31. The van der Waals surface area contributed by atoms with Crippen molar-refractivity contribution >= 4 is 28.4 Å². The normalized spacial score (nSPS) is 36.6. The van der Waals surface area contributed by atoms with E-state index in [0.717, 1.165) is 29.3 Å². The summed E-state index contributed by atoms with van der Waals surface area (Å²) in [4.78, 5) is 12.2. The number of halogens is 1. The number of carbonyl (C=O) groups excluding carboxylic acids is 1. The Morgan fingerprint density at radius 2 is 2.20 bits per heavy atom. The maximum atomic E-state index is 12.2. The predicted octanol–water partition coefficient (Wildman–Crippen LogP) is 2.11. The van der Waals surface area contributed by atoms with Crippen molar-refractivity contribution in [1.29, 1.82) is 0 Å². The first kappa shape index (κ1) is 15.6. The molecule has 1 aromatic heterocycles. The lowest BCUT2D eigenvalue weighted by molar-refractivity contribution is -0.130. The van der Waals surface area contributed by atoms with Crippen molar-refractivity contribution in [2.24, 2.45) is 11.8 Å². The third-order valence-electron chi connectivity index (χ3n) is 6.03. The van der Waals surface area contributed by atoms with Crippen molar-refractivity contribution in [3.8, 4) is 0 Å². The molecule has 5 atom stereocenters. The number of aromatic nitrogens is 2. The van der Waals surface area contributed by atoms with Gasteiger partial charge in [0.1, 0.15) is 6.10 Å². The summed E-state index contributed by atoms with van der Waals surface area (Å²) in [5.41, 5.74) is 0.757. The summed E-state index contributed by atoms with van der Waals surface area (Å²) in [6.07, 6.45) is 4.46. The van der Waals surface area contributed by atoms with Crippen LogP contribution in [0, 0.1) is 11.8 Å². The second kappa shape index (κ2) is 5.43. The van der Waals surface area contributed by atoms with Crippen LogP contribution < -0.4 is 5.32 Å². The van der Waals surface area contributed by atoms with E-state index < -0.39 is 5.60 Å². The number of rotatable bonds is 3. The molecule has 2 heterocycles. The molecule has 132 valence electrons. The highest BCUT2D eigenvalue weighted by Gasteiger charge is 2.62. The number of aromatic amines is 1. The van der Waals surface area contributed by atoms with E-state index in [-0.39, 0.29) is 18.1 Å². The van der Waals surface area contributed by atoms with Crippen molar-refractivity contribution in [3.63, 3.8) is 0 Å². The van der Waals surface area contributed by atoms with Crippen molar-refractivity contribution in [2.75, 3.05) is 6.61 Å². The summed E-state index contributed by atoms with van der Waals surface area (Å²) in [6, 6.07) is 3.82. The molecule has 3 aliphatic rings. The lowest BCUT2D eigenvalue weighted by atomic mass is 9.86. The molecule has 25 heavy (non-hydrogen) atoms. The summed E-state index contributed by atoms with van der Waals surface area (Å²) in [6.45, 7) is 0.671. The summed E-state index contributed by atoms with van der Waals surface area (Å²) in [5, 5.41) is 22.8. The second-order valence-corrected chi connectivity index (χ2v) is 8.02. The first-order valence-corrected chi connectivity index (χ1v) is 9.20. The van der Waals surface area contributed by atoms with E-state index in [4.69, 9.17) is 16.3 Å². The van der Waals surface area contributed by atoms with Crippen molar-refractivity contribution < 1.29 is 14.6 Å². The molecule has 3 N–H and O–H groups in total. The fourth-order valence-corrected chi connectivity index (χ4v) is 4.96. The zero-order valence-corrected chi connectivity index (χ0v) is 14.4. The van der Waals surface area contributed by atoms with Crippen LogP contribution in [0.4, 0.5) is 0 Å². The van der Waals surface area contributed by atoms with Gasteiger partial charge in [0.25, 0.3) is 0 Å². The standard InChI is InChI=1S/C18H20ClN3O3/c19-9-4-13(12-8-20-22-14(12)5-9)18(24)6-10-11(7-18)16(10)21-17(23)15-2-1-3-25-15/h4-5,8,10-11,15-16,24H,1-3,6-7H2,(H,20,22)(H,21,23)/t10-,11+,15?,16-,18+. The van der Waals surface area contributed by atoms with Gasteiger partial charge in [-0.1, -0.05) is 11.6 Å². The number of H-pyrrole nitrogens is 1. The zero-order valence-electron chi connectivity index (χ0n) is 13.7.